The Labute approximate surface area is 262 Å². The second-order valence-electron chi connectivity index (χ2n) is 13.3. The maximum Gasteiger partial charge on any atom is 0.334 e. The molecule has 3 aliphatic heterocycles. The van der Waals surface area contributed by atoms with E-state index in [0.717, 1.165) is 108 Å². The molecule has 3 rings (SSSR count). The van der Waals surface area contributed by atoms with Crippen molar-refractivity contribution in [3.05, 3.63) is 11.6 Å². The molecule has 7 atom stereocenters. The van der Waals surface area contributed by atoms with Crippen molar-refractivity contribution in [3.63, 3.8) is 0 Å². The number of unbranched alkanes of at least 4 members (excludes halogenated alkanes) is 13. The highest BCUT2D eigenvalue weighted by molar-refractivity contribution is 5.90. The molecule has 3 heterocycles. The van der Waals surface area contributed by atoms with E-state index in [1.165, 1.54) is 44.9 Å². The molecule has 6 nitrogen and oxygen atoms in total. The van der Waals surface area contributed by atoms with Crippen molar-refractivity contribution < 1.29 is 29.2 Å². The van der Waals surface area contributed by atoms with Crippen LogP contribution in [0.1, 0.15) is 162 Å². The van der Waals surface area contributed by atoms with Crippen LogP contribution in [0.25, 0.3) is 0 Å². The van der Waals surface area contributed by atoms with Crippen molar-refractivity contribution in [2.45, 2.75) is 204 Å². The van der Waals surface area contributed by atoms with E-state index in [0.29, 0.717) is 0 Å². The van der Waals surface area contributed by atoms with Gasteiger partial charge in [-0.2, -0.15) is 0 Å². The maximum absolute atomic E-state index is 11.6. The van der Waals surface area contributed by atoms with E-state index in [2.05, 4.69) is 18.8 Å². The number of hydrogen-bond donors (Lipinski definition) is 2. The zero-order valence-electron chi connectivity index (χ0n) is 27.4. The van der Waals surface area contributed by atoms with Gasteiger partial charge in [-0.15, -0.1) is 11.8 Å². The zero-order valence-corrected chi connectivity index (χ0v) is 27.4. The van der Waals surface area contributed by atoms with Gasteiger partial charge in [0.05, 0.1) is 36.6 Å². The molecule has 2 fully saturated rings. The van der Waals surface area contributed by atoms with Crippen molar-refractivity contribution in [1.29, 1.82) is 0 Å². The van der Waals surface area contributed by atoms with Crippen LogP contribution >= 0.6 is 0 Å². The molecule has 2 saturated heterocycles. The summed E-state index contributed by atoms with van der Waals surface area (Å²) in [5.41, 5.74) is 0.841. The van der Waals surface area contributed by atoms with Crippen LogP contribution < -0.4 is 0 Å². The van der Waals surface area contributed by atoms with Crippen LogP contribution in [-0.2, 0) is 19.0 Å². The number of aliphatic hydroxyl groups excluding tert-OH is 2. The SMILES string of the molecule is CCCCCCCCCC[C@@H](O)[C@H]1CC[C@H]([C@H]2CC[C@H]([C@H](O)CCCCC#CCCCCCCC3=C[C@H](C)OC3=O)O2)O1. The first-order valence-corrected chi connectivity index (χ1v) is 18.0. The summed E-state index contributed by atoms with van der Waals surface area (Å²) in [6.07, 6.45) is 25.6. The van der Waals surface area contributed by atoms with Gasteiger partial charge >= 0.3 is 5.97 Å². The van der Waals surface area contributed by atoms with Gasteiger partial charge < -0.3 is 24.4 Å². The number of esters is 1. The highest BCUT2D eigenvalue weighted by atomic mass is 16.6. The minimum absolute atomic E-state index is 0.0471. The molecule has 0 aliphatic carbocycles. The molecular weight excluding hydrogens is 540 g/mol. The molecule has 0 saturated carbocycles. The summed E-state index contributed by atoms with van der Waals surface area (Å²) in [5, 5.41) is 21.4. The van der Waals surface area contributed by atoms with Gasteiger partial charge in [-0.1, -0.05) is 71.1 Å². The normalized spacial score (nSPS) is 26.7. The summed E-state index contributed by atoms with van der Waals surface area (Å²) in [4.78, 5) is 11.6. The Morgan fingerprint density at radius 3 is 1.77 bits per heavy atom. The zero-order chi connectivity index (χ0) is 30.7. The number of carbonyl (C=O) groups is 1. The second kappa shape index (κ2) is 21.4. The Balaban J connectivity index is 1.15. The molecule has 3 aliphatic rings. The summed E-state index contributed by atoms with van der Waals surface area (Å²) in [7, 11) is 0. The van der Waals surface area contributed by atoms with Crippen LogP contribution in [0.2, 0.25) is 0 Å². The van der Waals surface area contributed by atoms with E-state index >= 15 is 0 Å². The van der Waals surface area contributed by atoms with E-state index in [9.17, 15) is 15.0 Å². The third-order valence-corrected chi connectivity index (χ3v) is 9.46. The Kier molecular flexibility index (Phi) is 17.9. The van der Waals surface area contributed by atoms with Gasteiger partial charge in [0.15, 0.2) is 0 Å². The van der Waals surface area contributed by atoms with Crippen LogP contribution in [0.3, 0.4) is 0 Å². The number of carbonyl (C=O) groups excluding carboxylic acids is 1. The molecule has 0 unspecified atom stereocenters. The van der Waals surface area contributed by atoms with Crippen LogP contribution in [-0.4, -0.2) is 58.9 Å². The summed E-state index contributed by atoms with van der Waals surface area (Å²) in [6.45, 7) is 4.15. The molecule has 0 amide bonds. The fourth-order valence-electron chi connectivity index (χ4n) is 6.79. The Morgan fingerprint density at radius 1 is 0.721 bits per heavy atom. The minimum atomic E-state index is -0.423. The Hall–Kier alpha value is -1.39. The van der Waals surface area contributed by atoms with Crippen LogP contribution in [0.4, 0.5) is 0 Å². The molecule has 0 aromatic carbocycles. The van der Waals surface area contributed by atoms with Gasteiger partial charge in [0.25, 0.3) is 0 Å². The van der Waals surface area contributed by atoms with Gasteiger partial charge in [0.2, 0.25) is 0 Å². The molecule has 0 spiro atoms. The van der Waals surface area contributed by atoms with Crippen molar-refractivity contribution in [2.75, 3.05) is 0 Å². The molecule has 6 heteroatoms. The lowest BCUT2D eigenvalue weighted by atomic mass is 10.0. The lowest BCUT2D eigenvalue weighted by molar-refractivity contribution is -0.139. The number of cyclic esters (lactones) is 1. The van der Waals surface area contributed by atoms with Crippen molar-refractivity contribution in [1.82, 2.24) is 0 Å². The van der Waals surface area contributed by atoms with Crippen molar-refractivity contribution >= 4 is 5.97 Å². The third kappa shape index (κ3) is 14.1. The first kappa shape index (κ1) is 36.1. The molecule has 2 N–H and O–H groups in total. The predicted molar refractivity (Wildman–Crippen MR) is 173 cm³/mol. The van der Waals surface area contributed by atoms with Gasteiger partial charge in [0.1, 0.15) is 6.10 Å². The standard InChI is InChI=1S/C37H62O6/c1-3-4-5-6-7-13-16-19-22-31(38)33-24-26-35(42-33)36-27-25-34(43-36)32(39)23-20-17-14-11-9-8-10-12-15-18-21-30-28-29(2)41-37(30)40/h28-29,31-36,38-39H,3-8,10,12-27H2,1-2H3/t29-,31+,32+,33+,34+,35+,36+/m0/s1. The first-order valence-electron chi connectivity index (χ1n) is 18.0. The lowest BCUT2D eigenvalue weighted by Crippen LogP contribution is -2.33. The Morgan fingerprint density at radius 2 is 1.21 bits per heavy atom. The van der Waals surface area contributed by atoms with Gasteiger partial charge in [-0.3, -0.25) is 0 Å². The molecular formula is C37H62O6. The monoisotopic (exact) mass is 602 g/mol. The van der Waals surface area contributed by atoms with Crippen molar-refractivity contribution in [3.8, 4) is 11.8 Å². The summed E-state index contributed by atoms with van der Waals surface area (Å²) in [6, 6.07) is 0. The average molecular weight is 603 g/mol. The van der Waals surface area contributed by atoms with Crippen LogP contribution in [0.5, 0.6) is 0 Å². The molecule has 0 aromatic rings. The highest BCUT2D eigenvalue weighted by Gasteiger charge is 2.40. The fourth-order valence-corrected chi connectivity index (χ4v) is 6.79. The van der Waals surface area contributed by atoms with E-state index in [1.54, 1.807) is 0 Å². The fraction of sp³-hybridized carbons (Fsp3) is 0.865. The predicted octanol–water partition coefficient (Wildman–Crippen LogP) is 8.11. The van der Waals surface area contributed by atoms with Crippen molar-refractivity contribution in [2.24, 2.45) is 0 Å². The lowest BCUT2D eigenvalue weighted by Gasteiger charge is -2.24. The van der Waals surface area contributed by atoms with Gasteiger partial charge in [-0.25, -0.2) is 4.79 Å². The largest absolute Gasteiger partial charge is 0.455 e. The summed E-state index contributed by atoms with van der Waals surface area (Å²) < 4.78 is 17.7. The number of ether oxygens (including phenoxy) is 3. The summed E-state index contributed by atoms with van der Waals surface area (Å²) >= 11 is 0. The van der Waals surface area contributed by atoms with Crippen LogP contribution in [0.15, 0.2) is 11.6 Å². The molecule has 0 bridgehead atoms. The van der Waals surface area contributed by atoms with E-state index in [-0.39, 0.29) is 42.6 Å². The molecule has 246 valence electrons. The smallest absolute Gasteiger partial charge is 0.334 e. The quantitative estimate of drug-likeness (QED) is 0.0740. The number of rotatable bonds is 22. The number of aliphatic hydroxyl groups is 2. The topological polar surface area (TPSA) is 85.2 Å². The maximum atomic E-state index is 11.6. The second-order valence-corrected chi connectivity index (χ2v) is 13.3. The van der Waals surface area contributed by atoms with E-state index in [1.807, 2.05) is 13.0 Å². The summed E-state index contributed by atoms with van der Waals surface area (Å²) in [5.74, 6) is 6.44. The minimum Gasteiger partial charge on any atom is -0.455 e. The first-order chi connectivity index (χ1) is 21.0. The van der Waals surface area contributed by atoms with Crippen LogP contribution in [0, 0.1) is 11.8 Å². The highest BCUT2D eigenvalue weighted by Crippen LogP contribution is 2.34. The van der Waals surface area contributed by atoms with E-state index < -0.39 is 6.10 Å². The molecule has 0 aromatic heterocycles. The number of hydrogen-bond acceptors (Lipinski definition) is 6. The Bertz CT molecular complexity index is 859. The van der Waals surface area contributed by atoms with Gasteiger partial charge in [-0.05, 0) is 83.6 Å². The van der Waals surface area contributed by atoms with E-state index in [4.69, 9.17) is 14.2 Å². The molecule has 0 radical (unpaired) electrons. The molecule has 43 heavy (non-hydrogen) atoms. The third-order valence-electron chi connectivity index (χ3n) is 9.46. The van der Waals surface area contributed by atoms with Gasteiger partial charge in [0, 0.05) is 18.4 Å². The average Bonchev–Trinajstić information content (AvgIpc) is 3.75.